The summed E-state index contributed by atoms with van der Waals surface area (Å²) >= 11 is 1.58. The van der Waals surface area contributed by atoms with Crippen LogP contribution in [0.3, 0.4) is 0 Å². The Morgan fingerprint density at radius 1 is 0.864 bits per heavy atom. The summed E-state index contributed by atoms with van der Waals surface area (Å²) in [5, 5.41) is 8.38. The van der Waals surface area contributed by atoms with Gasteiger partial charge in [0.2, 0.25) is 0 Å². The molecule has 0 aliphatic rings. The first-order valence-corrected chi connectivity index (χ1v) is 7.75. The number of aromatic nitrogens is 3. The van der Waals surface area contributed by atoms with Crippen LogP contribution in [0.5, 0.6) is 0 Å². The maximum absolute atomic E-state index is 4.59. The number of fused-ring (bicyclic) bond motifs is 1. The fraction of sp³-hybridized carbons (Fsp3) is 0. The molecular formula is C17H12N4S. The summed E-state index contributed by atoms with van der Waals surface area (Å²) in [7, 11) is 0. The van der Waals surface area contributed by atoms with Crippen LogP contribution in [0, 0.1) is 0 Å². The Hall–Kier alpha value is -2.79. The number of nitrogens with zero attached hydrogens (tertiary/aromatic N) is 3. The van der Waals surface area contributed by atoms with Crippen LogP contribution >= 0.6 is 11.3 Å². The van der Waals surface area contributed by atoms with Crippen LogP contribution < -0.4 is 5.32 Å². The SMILES string of the molecule is c1cc(Nc2cc3ccccc3cn2)nc(-c2nccs2)c1. The smallest absolute Gasteiger partial charge is 0.141 e. The lowest BCUT2D eigenvalue weighted by Gasteiger charge is -2.07. The van der Waals surface area contributed by atoms with Crippen LogP contribution in [0.1, 0.15) is 0 Å². The molecule has 3 aromatic heterocycles. The van der Waals surface area contributed by atoms with Gasteiger partial charge in [-0.15, -0.1) is 11.3 Å². The number of hydrogen-bond donors (Lipinski definition) is 1. The number of rotatable bonds is 3. The largest absolute Gasteiger partial charge is 0.325 e. The van der Waals surface area contributed by atoms with Crippen molar-refractivity contribution in [3.05, 3.63) is 66.3 Å². The second-order valence-electron chi connectivity index (χ2n) is 4.79. The van der Waals surface area contributed by atoms with E-state index < -0.39 is 0 Å². The summed E-state index contributed by atoms with van der Waals surface area (Å²) in [4.78, 5) is 13.3. The Labute approximate surface area is 131 Å². The van der Waals surface area contributed by atoms with E-state index in [2.05, 4.69) is 26.3 Å². The van der Waals surface area contributed by atoms with Crippen molar-refractivity contribution >= 4 is 33.7 Å². The minimum atomic E-state index is 0.760. The van der Waals surface area contributed by atoms with E-state index in [4.69, 9.17) is 0 Å². The van der Waals surface area contributed by atoms with Gasteiger partial charge in [0.1, 0.15) is 22.3 Å². The molecule has 0 fully saturated rings. The fourth-order valence-electron chi connectivity index (χ4n) is 2.26. The van der Waals surface area contributed by atoms with Crippen LogP contribution in [0.15, 0.2) is 66.3 Å². The molecule has 0 saturated carbocycles. The minimum Gasteiger partial charge on any atom is -0.325 e. The summed E-state index contributed by atoms with van der Waals surface area (Å²) in [6.07, 6.45) is 3.65. The van der Waals surface area contributed by atoms with E-state index in [1.54, 1.807) is 17.5 Å². The van der Waals surface area contributed by atoms with Crippen molar-refractivity contribution in [3.8, 4) is 10.7 Å². The molecule has 0 aliphatic carbocycles. The van der Waals surface area contributed by atoms with E-state index in [0.717, 1.165) is 33.1 Å². The first-order valence-electron chi connectivity index (χ1n) is 6.87. The van der Waals surface area contributed by atoms with Crippen LogP contribution in [0.4, 0.5) is 11.6 Å². The third kappa shape index (κ3) is 2.54. The molecule has 0 spiro atoms. The molecule has 3 heterocycles. The highest BCUT2D eigenvalue weighted by molar-refractivity contribution is 7.13. The van der Waals surface area contributed by atoms with E-state index >= 15 is 0 Å². The van der Waals surface area contributed by atoms with Crippen LogP contribution in [0.25, 0.3) is 21.5 Å². The van der Waals surface area contributed by atoms with Crippen molar-refractivity contribution in [1.82, 2.24) is 15.0 Å². The van der Waals surface area contributed by atoms with Gasteiger partial charge < -0.3 is 5.32 Å². The molecule has 1 aromatic carbocycles. The van der Waals surface area contributed by atoms with Crippen LogP contribution in [-0.4, -0.2) is 15.0 Å². The first-order chi connectivity index (χ1) is 10.9. The molecule has 0 unspecified atom stereocenters. The zero-order valence-corrected chi connectivity index (χ0v) is 12.4. The van der Waals surface area contributed by atoms with Gasteiger partial charge in [-0.1, -0.05) is 30.3 Å². The molecule has 0 aliphatic heterocycles. The summed E-state index contributed by atoms with van der Waals surface area (Å²) in [5.41, 5.74) is 0.862. The molecule has 106 valence electrons. The second-order valence-corrected chi connectivity index (χ2v) is 5.68. The van der Waals surface area contributed by atoms with Gasteiger partial charge in [0.05, 0.1) is 0 Å². The van der Waals surface area contributed by atoms with Crippen molar-refractivity contribution in [2.45, 2.75) is 0 Å². The molecule has 4 aromatic rings. The maximum Gasteiger partial charge on any atom is 0.141 e. The standard InChI is InChI=1S/C17H12N4S/c1-2-5-13-11-19-16(10-12(13)4-1)21-15-7-3-6-14(20-15)17-18-8-9-22-17/h1-11H,(H,19,20,21). The van der Waals surface area contributed by atoms with Crippen molar-refractivity contribution in [3.63, 3.8) is 0 Å². The number of anilines is 2. The van der Waals surface area contributed by atoms with E-state index in [0.29, 0.717) is 0 Å². The normalized spacial score (nSPS) is 10.7. The van der Waals surface area contributed by atoms with Crippen molar-refractivity contribution < 1.29 is 0 Å². The van der Waals surface area contributed by atoms with Crippen molar-refractivity contribution in [2.75, 3.05) is 5.32 Å². The van der Waals surface area contributed by atoms with Gasteiger partial charge in [-0.05, 0) is 23.6 Å². The maximum atomic E-state index is 4.59. The highest BCUT2D eigenvalue weighted by Crippen LogP contribution is 2.23. The van der Waals surface area contributed by atoms with Gasteiger partial charge >= 0.3 is 0 Å². The third-order valence-electron chi connectivity index (χ3n) is 3.29. The third-order valence-corrected chi connectivity index (χ3v) is 4.08. The molecule has 22 heavy (non-hydrogen) atoms. The van der Waals surface area contributed by atoms with Gasteiger partial charge in [-0.2, -0.15) is 0 Å². The molecular weight excluding hydrogens is 292 g/mol. The summed E-state index contributed by atoms with van der Waals surface area (Å²) < 4.78 is 0. The average molecular weight is 304 g/mol. The zero-order valence-electron chi connectivity index (χ0n) is 11.6. The van der Waals surface area contributed by atoms with E-state index in [-0.39, 0.29) is 0 Å². The van der Waals surface area contributed by atoms with E-state index in [9.17, 15) is 0 Å². The summed E-state index contributed by atoms with van der Waals surface area (Å²) in [6.45, 7) is 0. The van der Waals surface area contributed by atoms with Crippen molar-refractivity contribution in [1.29, 1.82) is 0 Å². The molecule has 0 saturated heterocycles. The molecule has 1 N–H and O–H groups in total. The highest BCUT2D eigenvalue weighted by atomic mass is 32.1. The van der Waals surface area contributed by atoms with Gasteiger partial charge in [0.25, 0.3) is 0 Å². The molecule has 5 heteroatoms. The number of thiazole rings is 1. The number of hydrogen-bond acceptors (Lipinski definition) is 5. The van der Waals surface area contributed by atoms with E-state index in [1.807, 2.05) is 54.0 Å². The topological polar surface area (TPSA) is 50.7 Å². The monoisotopic (exact) mass is 304 g/mol. The van der Waals surface area contributed by atoms with Gasteiger partial charge in [-0.3, -0.25) is 0 Å². The average Bonchev–Trinajstić information content (AvgIpc) is 3.10. The van der Waals surface area contributed by atoms with Crippen molar-refractivity contribution in [2.24, 2.45) is 0 Å². The Kier molecular flexibility index (Phi) is 3.25. The predicted molar refractivity (Wildman–Crippen MR) is 90.4 cm³/mol. The minimum absolute atomic E-state index is 0.760. The Morgan fingerprint density at radius 2 is 1.77 bits per heavy atom. The molecule has 0 radical (unpaired) electrons. The number of benzene rings is 1. The number of nitrogens with one attached hydrogen (secondary N) is 1. The fourth-order valence-corrected chi connectivity index (χ4v) is 2.86. The molecule has 4 rings (SSSR count). The molecule has 0 atom stereocenters. The molecule has 0 bridgehead atoms. The van der Waals surface area contributed by atoms with Crippen LogP contribution in [-0.2, 0) is 0 Å². The Morgan fingerprint density at radius 3 is 2.64 bits per heavy atom. The molecule has 0 amide bonds. The van der Waals surface area contributed by atoms with Gasteiger partial charge in [-0.25, -0.2) is 15.0 Å². The van der Waals surface area contributed by atoms with Gasteiger partial charge in [0, 0.05) is 23.2 Å². The summed E-state index contributed by atoms with van der Waals surface area (Å²) in [5.74, 6) is 1.54. The Bertz CT molecular complexity index is 919. The summed E-state index contributed by atoms with van der Waals surface area (Å²) in [6, 6.07) is 16.0. The van der Waals surface area contributed by atoms with Crippen LogP contribution in [0.2, 0.25) is 0 Å². The predicted octanol–water partition coefficient (Wildman–Crippen LogP) is 4.50. The van der Waals surface area contributed by atoms with Gasteiger partial charge in [0.15, 0.2) is 0 Å². The molecule has 4 nitrogen and oxygen atoms in total. The lowest BCUT2D eigenvalue weighted by atomic mass is 10.2. The lowest BCUT2D eigenvalue weighted by Crippen LogP contribution is -1.96. The Balaban J connectivity index is 1.66. The second kappa shape index (κ2) is 5.54. The number of pyridine rings is 2. The lowest BCUT2D eigenvalue weighted by molar-refractivity contribution is 1.25. The highest BCUT2D eigenvalue weighted by Gasteiger charge is 2.04. The van der Waals surface area contributed by atoms with E-state index in [1.165, 1.54) is 0 Å². The first kappa shape index (κ1) is 12.9. The quantitative estimate of drug-likeness (QED) is 0.605. The zero-order chi connectivity index (χ0) is 14.8.